The number of ether oxygens (including phenoxy) is 1. The lowest BCUT2D eigenvalue weighted by atomic mass is 9.83. The van der Waals surface area contributed by atoms with Crippen molar-refractivity contribution in [3.63, 3.8) is 0 Å². The summed E-state index contributed by atoms with van der Waals surface area (Å²) in [6.07, 6.45) is 3.21. The summed E-state index contributed by atoms with van der Waals surface area (Å²) in [6.45, 7) is 2.19. The average Bonchev–Trinajstić information content (AvgIpc) is 2.93. The summed E-state index contributed by atoms with van der Waals surface area (Å²) >= 11 is 0. The Hall–Kier alpha value is -3.60. The van der Waals surface area contributed by atoms with Gasteiger partial charge < -0.3 is 14.5 Å². The van der Waals surface area contributed by atoms with Crippen LogP contribution in [0.5, 0.6) is 5.75 Å². The van der Waals surface area contributed by atoms with Crippen molar-refractivity contribution in [2.24, 2.45) is 5.92 Å². The number of piperidine rings is 2. The second kappa shape index (κ2) is 10.3. The SMILES string of the molecule is COc1ccccc1CC(=O)N1CC[C@@H]2[C@H](CCCN2C(=O)c2ccc(-c3ccccc3)cc2)C1. The number of rotatable bonds is 5. The van der Waals surface area contributed by atoms with Crippen molar-refractivity contribution in [1.82, 2.24) is 9.80 Å². The summed E-state index contributed by atoms with van der Waals surface area (Å²) in [5, 5.41) is 0. The van der Waals surface area contributed by atoms with Gasteiger partial charge in [0.15, 0.2) is 0 Å². The fraction of sp³-hybridized carbons (Fsp3) is 0.333. The molecule has 2 aliphatic heterocycles. The number of fused-ring (bicyclic) bond motifs is 1. The summed E-state index contributed by atoms with van der Waals surface area (Å²) in [6, 6.07) is 26.1. The van der Waals surface area contributed by atoms with Gasteiger partial charge in [0.05, 0.1) is 13.5 Å². The number of hydrogen-bond donors (Lipinski definition) is 0. The molecule has 0 saturated carbocycles. The monoisotopic (exact) mass is 468 g/mol. The molecular weight excluding hydrogens is 436 g/mol. The van der Waals surface area contributed by atoms with Crippen molar-refractivity contribution in [2.45, 2.75) is 31.7 Å². The highest BCUT2D eigenvalue weighted by atomic mass is 16.5. The molecule has 0 unspecified atom stereocenters. The first-order chi connectivity index (χ1) is 17.1. The van der Waals surface area contributed by atoms with Crippen LogP contribution in [0.25, 0.3) is 11.1 Å². The summed E-state index contributed by atoms with van der Waals surface area (Å²) in [7, 11) is 1.64. The van der Waals surface area contributed by atoms with Gasteiger partial charge in [0, 0.05) is 36.8 Å². The quantitative estimate of drug-likeness (QED) is 0.526. The highest BCUT2D eigenvalue weighted by Gasteiger charge is 2.39. The predicted octanol–water partition coefficient (Wildman–Crippen LogP) is 5.06. The van der Waals surface area contributed by atoms with Gasteiger partial charge in [0.2, 0.25) is 5.91 Å². The molecule has 0 bridgehead atoms. The Labute approximate surface area is 207 Å². The molecule has 0 N–H and O–H groups in total. The normalized spacial score (nSPS) is 19.7. The van der Waals surface area contributed by atoms with E-state index in [4.69, 9.17) is 4.74 Å². The molecule has 5 rings (SSSR count). The molecule has 2 atom stereocenters. The van der Waals surface area contributed by atoms with Crippen molar-refractivity contribution < 1.29 is 14.3 Å². The van der Waals surface area contributed by atoms with Gasteiger partial charge in [-0.25, -0.2) is 0 Å². The molecule has 2 aliphatic rings. The van der Waals surface area contributed by atoms with Crippen LogP contribution < -0.4 is 4.74 Å². The molecule has 5 heteroatoms. The third kappa shape index (κ3) is 4.95. The van der Waals surface area contributed by atoms with Gasteiger partial charge in [-0.15, -0.1) is 0 Å². The maximum absolute atomic E-state index is 13.5. The molecule has 3 aromatic carbocycles. The van der Waals surface area contributed by atoms with E-state index in [1.807, 2.05) is 71.6 Å². The molecule has 0 aliphatic carbocycles. The third-order valence-electron chi connectivity index (χ3n) is 7.45. The van der Waals surface area contributed by atoms with Crippen LogP contribution in [0.2, 0.25) is 0 Å². The zero-order chi connectivity index (χ0) is 24.2. The fourth-order valence-corrected chi connectivity index (χ4v) is 5.61. The van der Waals surface area contributed by atoms with Crippen LogP contribution in [-0.2, 0) is 11.2 Å². The molecular formula is C30H32N2O3. The molecule has 2 saturated heterocycles. The van der Waals surface area contributed by atoms with Gasteiger partial charge in [0.25, 0.3) is 5.91 Å². The van der Waals surface area contributed by atoms with Gasteiger partial charge in [-0.05, 0) is 54.5 Å². The van der Waals surface area contributed by atoms with Crippen LogP contribution in [0.3, 0.4) is 0 Å². The Morgan fingerprint density at radius 3 is 2.34 bits per heavy atom. The highest BCUT2D eigenvalue weighted by Crippen LogP contribution is 2.32. The minimum atomic E-state index is 0.105. The maximum Gasteiger partial charge on any atom is 0.254 e. The first kappa shape index (κ1) is 23.2. The number of benzene rings is 3. The van der Waals surface area contributed by atoms with Crippen molar-refractivity contribution in [3.8, 4) is 16.9 Å². The minimum absolute atomic E-state index is 0.105. The van der Waals surface area contributed by atoms with Crippen LogP contribution >= 0.6 is 0 Å². The van der Waals surface area contributed by atoms with Crippen molar-refractivity contribution in [2.75, 3.05) is 26.7 Å². The molecule has 35 heavy (non-hydrogen) atoms. The first-order valence-corrected chi connectivity index (χ1v) is 12.5. The summed E-state index contributed by atoms with van der Waals surface area (Å²) in [5.41, 5.74) is 3.91. The van der Waals surface area contributed by atoms with E-state index < -0.39 is 0 Å². The lowest BCUT2D eigenvalue weighted by Crippen LogP contribution is -2.56. The molecule has 2 heterocycles. The Morgan fingerprint density at radius 1 is 0.857 bits per heavy atom. The number of carbonyl (C=O) groups excluding carboxylic acids is 2. The van der Waals surface area contributed by atoms with E-state index in [2.05, 4.69) is 17.0 Å². The number of hydrogen-bond acceptors (Lipinski definition) is 3. The van der Waals surface area contributed by atoms with Gasteiger partial charge in [0.1, 0.15) is 5.75 Å². The van der Waals surface area contributed by atoms with E-state index >= 15 is 0 Å². The van der Waals surface area contributed by atoms with Crippen LogP contribution in [0.1, 0.15) is 35.2 Å². The Bertz CT molecular complexity index is 1180. The molecule has 2 fully saturated rings. The molecule has 0 spiro atoms. The van der Waals surface area contributed by atoms with Crippen LogP contribution in [0.4, 0.5) is 0 Å². The maximum atomic E-state index is 13.5. The third-order valence-corrected chi connectivity index (χ3v) is 7.45. The zero-order valence-electron chi connectivity index (χ0n) is 20.2. The van der Waals surface area contributed by atoms with Crippen molar-refractivity contribution in [1.29, 1.82) is 0 Å². The molecule has 0 aromatic heterocycles. The molecule has 5 nitrogen and oxygen atoms in total. The molecule has 3 aromatic rings. The number of methoxy groups -OCH3 is 1. The Morgan fingerprint density at radius 2 is 1.57 bits per heavy atom. The zero-order valence-corrected chi connectivity index (χ0v) is 20.2. The molecule has 0 radical (unpaired) electrons. The van der Waals surface area contributed by atoms with E-state index in [1.54, 1.807) is 7.11 Å². The lowest BCUT2D eigenvalue weighted by Gasteiger charge is -2.47. The van der Waals surface area contributed by atoms with E-state index in [9.17, 15) is 9.59 Å². The van der Waals surface area contributed by atoms with Gasteiger partial charge >= 0.3 is 0 Å². The number of likely N-dealkylation sites (tertiary alicyclic amines) is 2. The number of carbonyl (C=O) groups is 2. The van der Waals surface area contributed by atoms with E-state index in [0.717, 1.165) is 60.4 Å². The van der Waals surface area contributed by atoms with E-state index in [-0.39, 0.29) is 17.9 Å². The second-order valence-corrected chi connectivity index (χ2v) is 9.53. The van der Waals surface area contributed by atoms with Crippen molar-refractivity contribution in [3.05, 3.63) is 90.0 Å². The van der Waals surface area contributed by atoms with Gasteiger partial charge in [-0.3, -0.25) is 9.59 Å². The summed E-state index contributed by atoms with van der Waals surface area (Å²) in [5.74, 6) is 1.32. The summed E-state index contributed by atoms with van der Waals surface area (Å²) in [4.78, 5) is 30.6. The smallest absolute Gasteiger partial charge is 0.254 e. The standard InChI is InChI=1S/C30H32N2O3/c1-35-28-12-6-5-10-25(28)20-29(33)31-19-17-27-26(21-31)11-7-18-32(27)30(34)24-15-13-23(14-16-24)22-8-3-2-4-9-22/h2-6,8-10,12-16,26-27H,7,11,17-21H2,1H3/t26-,27-/m1/s1. The highest BCUT2D eigenvalue weighted by molar-refractivity contribution is 5.95. The van der Waals surface area contributed by atoms with E-state index in [0.29, 0.717) is 18.9 Å². The minimum Gasteiger partial charge on any atom is -0.496 e. The van der Waals surface area contributed by atoms with E-state index in [1.165, 1.54) is 0 Å². The number of nitrogens with zero attached hydrogens (tertiary/aromatic N) is 2. The fourth-order valence-electron chi connectivity index (χ4n) is 5.61. The largest absolute Gasteiger partial charge is 0.496 e. The Kier molecular flexibility index (Phi) is 6.84. The summed E-state index contributed by atoms with van der Waals surface area (Å²) < 4.78 is 5.42. The first-order valence-electron chi connectivity index (χ1n) is 12.5. The molecule has 180 valence electrons. The topological polar surface area (TPSA) is 49.9 Å². The second-order valence-electron chi connectivity index (χ2n) is 9.53. The number of para-hydroxylation sites is 1. The Balaban J connectivity index is 1.24. The molecule has 2 amide bonds. The predicted molar refractivity (Wildman–Crippen MR) is 137 cm³/mol. The number of amides is 2. The van der Waals surface area contributed by atoms with Crippen LogP contribution in [-0.4, -0.2) is 54.4 Å². The average molecular weight is 469 g/mol. The van der Waals surface area contributed by atoms with Gasteiger partial charge in [-0.2, -0.15) is 0 Å². The van der Waals surface area contributed by atoms with Crippen LogP contribution in [0, 0.1) is 5.92 Å². The van der Waals surface area contributed by atoms with Crippen molar-refractivity contribution >= 4 is 11.8 Å². The van der Waals surface area contributed by atoms with Crippen LogP contribution in [0.15, 0.2) is 78.9 Å². The lowest BCUT2D eigenvalue weighted by molar-refractivity contribution is -0.133. The van der Waals surface area contributed by atoms with Gasteiger partial charge in [-0.1, -0.05) is 60.7 Å².